The molecule has 8 nitrogen and oxygen atoms in total. The van der Waals surface area contributed by atoms with E-state index in [1.807, 2.05) is 6.07 Å². The minimum Gasteiger partial charge on any atom is -0.480 e. The Balaban J connectivity index is 1.71. The molecule has 29 heavy (non-hydrogen) atoms. The summed E-state index contributed by atoms with van der Waals surface area (Å²) in [6, 6.07) is 14.7. The fourth-order valence-corrected chi connectivity index (χ4v) is 4.27. The molecule has 1 heterocycles. The number of sulfonamides is 1. The summed E-state index contributed by atoms with van der Waals surface area (Å²) in [7, 11) is -3.66. The highest BCUT2D eigenvalue weighted by Crippen LogP contribution is 2.22. The van der Waals surface area contributed by atoms with Crippen LogP contribution in [0.15, 0.2) is 53.4 Å². The summed E-state index contributed by atoms with van der Waals surface area (Å²) in [6.07, 6.45) is -0.885. The molecule has 1 fully saturated rings. The Hall–Kier alpha value is -2.93. The number of carbonyl (C=O) groups excluding carboxylic acids is 1. The summed E-state index contributed by atoms with van der Waals surface area (Å²) < 4.78 is 37.7. The second kappa shape index (κ2) is 9.05. The van der Waals surface area contributed by atoms with Crippen LogP contribution in [0.25, 0.3) is 0 Å². The minimum atomic E-state index is -3.66. The molecule has 0 aliphatic carbocycles. The van der Waals surface area contributed by atoms with Crippen LogP contribution in [0.4, 0.5) is 5.69 Å². The van der Waals surface area contributed by atoms with Gasteiger partial charge in [-0.3, -0.25) is 4.79 Å². The zero-order valence-electron chi connectivity index (χ0n) is 15.9. The first-order valence-corrected chi connectivity index (χ1v) is 10.5. The highest BCUT2D eigenvalue weighted by Gasteiger charge is 2.26. The highest BCUT2D eigenvalue weighted by atomic mass is 32.2. The maximum Gasteiger partial charge on any atom is 0.265 e. The molecule has 0 spiro atoms. The van der Waals surface area contributed by atoms with Gasteiger partial charge in [-0.05, 0) is 37.3 Å². The molecule has 0 aromatic heterocycles. The number of hydrogen-bond donors (Lipinski definition) is 1. The predicted molar refractivity (Wildman–Crippen MR) is 106 cm³/mol. The smallest absolute Gasteiger partial charge is 0.265 e. The minimum absolute atomic E-state index is 0.0978. The first-order valence-electron chi connectivity index (χ1n) is 9.06. The van der Waals surface area contributed by atoms with E-state index in [-0.39, 0.29) is 4.90 Å². The van der Waals surface area contributed by atoms with Crippen LogP contribution in [0.3, 0.4) is 0 Å². The summed E-state index contributed by atoms with van der Waals surface area (Å²) in [5.41, 5.74) is 0.666. The van der Waals surface area contributed by atoms with Crippen LogP contribution in [0.2, 0.25) is 0 Å². The van der Waals surface area contributed by atoms with Gasteiger partial charge in [0.1, 0.15) is 11.8 Å². The quantitative estimate of drug-likeness (QED) is 0.773. The van der Waals surface area contributed by atoms with Crippen LogP contribution < -0.4 is 10.1 Å². The number of rotatable bonds is 6. The normalized spacial score (nSPS) is 15.9. The molecule has 1 aliphatic rings. The highest BCUT2D eigenvalue weighted by molar-refractivity contribution is 7.89. The van der Waals surface area contributed by atoms with Crippen LogP contribution in [-0.2, 0) is 19.6 Å². The topological polar surface area (TPSA) is 109 Å². The average molecular weight is 415 g/mol. The second-order valence-electron chi connectivity index (χ2n) is 6.40. The lowest BCUT2D eigenvalue weighted by molar-refractivity contribution is -0.122. The van der Waals surface area contributed by atoms with Crippen molar-refractivity contribution in [2.75, 3.05) is 31.6 Å². The standard InChI is InChI=1S/C20H21N3O5S/c1-15(28-19-8-3-2-5-16(19)14-21)20(24)22-17-6-4-7-18(13-17)29(25,26)23-9-11-27-12-10-23/h2-8,13,15H,9-12H2,1H3,(H,22,24)/t15-/m1/s1. The molecule has 152 valence electrons. The van der Waals surface area contributed by atoms with Crippen molar-refractivity contribution < 1.29 is 22.7 Å². The number of anilines is 1. The van der Waals surface area contributed by atoms with Crippen molar-refractivity contribution in [2.24, 2.45) is 0 Å². The maximum atomic E-state index is 12.8. The number of morpholine rings is 1. The predicted octanol–water partition coefficient (Wildman–Crippen LogP) is 1.99. The lowest BCUT2D eigenvalue weighted by Gasteiger charge is -2.26. The van der Waals surface area contributed by atoms with Gasteiger partial charge in [-0.25, -0.2) is 8.42 Å². The van der Waals surface area contributed by atoms with Gasteiger partial charge in [0.2, 0.25) is 10.0 Å². The second-order valence-corrected chi connectivity index (χ2v) is 8.34. The molecular formula is C20H21N3O5S. The van der Waals surface area contributed by atoms with E-state index in [0.717, 1.165) is 0 Å². The molecule has 1 saturated heterocycles. The Morgan fingerprint density at radius 3 is 2.66 bits per heavy atom. The first-order chi connectivity index (χ1) is 13.9. The van der Waals surface area contributed by atoms with Gasteiger partial charge >= 0.3 is 0 Å². The average Bonchev–Trinajstić information content (AvgIpc) is 2.75. The fraction of sp³-hybridized carbons (Fsp3) is 0.300. The van der Waals surface area contributed by atoms with Crippen LogP contribution in [0.1, 0.15) is 12.5 Å². The van der Waals surface area contributed by atoms with E-state index in [1.165, 1.54) is 16.4 Å². The van der Waals surface area contributed by atoms with Crippen molar-refractivity contribution in [2.45, 2.75) is 17.9 Å². The van der Waals surface area contributed by atoms with Gasteiger partial charge in [0.15, 0.2) is 6.10 Å². The number of hydrogen-bond acceptors (Lipinski definition) is 6. The number of benzene rings is 2. The Bertz CT molecular complexity index is 1030. The van der Waals surface area contributed by atoms with E-state index < -0.39 is 22.0 Å². The van der Waals surface area contributed by atoms with E-state index in [2.05, 4.69) is 5.32 Å². The lowest BCUT2D eigenvalue weighted by Crippen LogP contribution is -2.40. The summed E-state index contributed by atoms with van der Waals surface area (Å²) in [5.74, 6) is -0.153. The molecule has 1 aliphatic heterocycles. The van der Waals surface area contributed by atoms with Gasteiger partial charge in [0.05, 0.1) is 23.7 Å². The van der Waals surface area contributed by atoms with Gasteiger partial charge in [0, 0.05) is 18.8 Å². The van der Waals surface area contributed by atoms with Crippen molar-refractivity contribution >= 4 is 21.6 Å². The molecule has 3 rings (SSSR count). The summed E-state index contributed by atoms with van der Waals surface area (Å²) >= 11 is 0. The third-order valence-electron chi connectivity index (χ3n) is 4.39. The van der Waals surface area contributed by atoms with E-state index in [1.54, 1.807) is 43.3 Å². The van der Waals surface area contributed by atoms with Crippen LogP contribution in [0.5, 0.6) is 5.75 Å². The molecule has 1 N–H and O–H groups in total. The number of para-hydroxylation sites is 1. The van der Waals surface area contributed by atoms with Crippen LogP contribution in [-0.4, -0.2) is 51.0 Å². The van der Waals surface area contributed by atoms with Gasteiger partial charge in [-0.15, -0.1) is 0 Å². The first kappa shape index (κ1) is 20.8. The molecule has 2 aromatic rings. The molecule has 0 bridgehead atoms. The Morgan fingerprint density at radius 1 is 1.21 bits per heavy atom. The third kappa shape index (κ3) is 4.92. The number of amides is 1. The number of nitrogens with one attached hydrogen (secondary N) is 1. The fourth-order valence-electron chi connectivity index (χ4n) is 2.82. The van der Waals surface area contributed by atoms with E-state index >= 15 is 0 Å². The van der Waals surface area contributed by atoms with E-state index in [4.69, 9.17) is 14.7 Å². The SMILES string of the molecule is C[C@@H](Oc1ccccc1C#N)C(=O)Nc1cccc(S(=O)(=O)N2CCOCC2)c1. The van der Waals surface area contributed by atoms with Gasteiger partial charge in [-0.1, -0.05) is 18.2 Å². The monoisotopic (exact) mass is 415 g/mol. The Kier molecular flexibility index (Phi) is 6.49. The van der Waals surface area contributed by atoms with Crippen molar-refractivity contribution in [3.63, 3.8) is 0 Å². The molecule has 9 heteroatoms. The zero-order valence-corrected chi connectivity index (χ0v) is 16.7. The molecular weight excluding hydrogens is 394 g/mol. The third-order valence-corrected chi connectivity index (χ3v) is 6.28. The molecule has 0 saturated carbocycles. The van der Waals surface area contributed by atoms with Crippen molar-refractivity contribution in [3.05, 3.63) is 54.1 Å². The number of carbonyl (C=O) groups is 1. The summed E-state index contributed by atoms with van der Waals surface area (Å²) in [6.45, 7) is 2.85. The van der Waals surface area contributed by atoms with E-state index in [0.29, 0.717) is 43.3 Å². The maximum absolute atomic E-state index is 12.8. The number of nitrogens with zero attached hydrogens (tertiary/aromatic N) is 2. The number of nitriles is 1. The van der Waals surface area contributed by atoms with Crippen molar-refractivity contribution in [1.29, 1.82) is 5.26 Å². The molecule has 1 amide bonds. The molecule has 0 radical (unpaired) electrons. The van der Waals surface area contributed by atoms with E-state index in [9.17, 15) is 13.2 Å². The summed E-state index contributed by atoms with van der Waals surface area (Å²) in [5, 5.41) is 11.8. The van der Waals surface area contributed by atoms with Gasteiger partial charge in [-0.2, -0.15) is 9.57 Å². The van der Waals surface area contributed by atoms with Crippen molar-refractivity contribution in [1.82, 2.24) is 4.31 Å². The van der Waals surface area contributed by atoms with Crippen molar-refractivity contribution in [3.8, 4) is 11.8 Å². The Labute approximate surface area is 169 Å². The molecule has 2 aromatic carbocycles. The molecule has 0 unspecified atom stereocenters. The van der Waals surface area contributed by atoms with Gasteiger partial charge in [0.25, 0.3) is 5.91 Å². The van der Waals surface area contributed by atoms with Gasteiger partial charge < -0.3 is 14.8 Å². The largest absolute Gasteiger partial charge is 0.480 e. The lowest BCUT2D eigenvalue weighted by atomic mass is 10.2. The number of ether oxygens (including phenoxy) is 2. The Morgan fingerprint density at radius 2 is 1.93 bits per heavy atom. The van der Waals surface area contributed by atoms with Crippen LogP contribution in [0, 0.1) is 11.3 Å². The zero-order chi connectivity index (χ0) is 20.9. The van der Waals surface area contributed by atoms with Crippen LogP contribution >= 0.6 is 0 Å². The summed E-state index contributed by atoms with van der Waals surface area (Å²) in [4.78, 5) is 12.6. The molecule has 1 atom stereocenters.